The van der Waals surface area contributed by atoms with E-state index in [1.807, 2.05) is 38.3 Å². The van der Waals surface area contributed by atoms with Crippen LogP contribution in [0.5, 0.6) is 0 Å². The smallest absolute Gasteiger partial charge is 0.252 e. The van der Waals surface area contributed by atoms with Gasteiger partial charge in [-0.3, -0.25) is 4.79 Å². The Bertz CT molecular complexity index is 602. The van der Waals surface area contributed by atoms with E-state index in [2.05, 4.69) is 10.3 Å². The van der Waals surface area contributed by atoms with Crippen LogP contribution in [0.1, 0.15) is 40.5 Å². The van der Waals surface area contributed by atoms with Crippen LogP contribution in [0.15, 0.2) is 29.6 Å². The van der Waals surface area contributed by atoms with Gasteiger partial charge in [0.15, 0.2) is 0 Å². The van der Waals surface area contributed by atoms with Gasteiger partial charge >= 0.3 is 0 Å². The first kappa shape index (κ1) is 14.7. The number of thiazole rings is 1. The normalized spacial score (nSPS) is 11.4. The van der Waals surface area contributed by atoms with Crippen molar-refractivity contribution in [3.63, 3.8) is 0 Å². The number of amides is 1. The minimum atomic E-state index is -0.484. The Morgan fingerprint density at radius 1 is 1.35 bits per heavy atom. The molecule has 1 aromatic carbocycles. The first-order valence-electron chi connectivity index (χ1n) is 6.46. The summed E-state index contributed by atoms with van der Waals surface area (Å²) in [6, 6.07) is 7.33. The molecule has 0 fully saturated rings. The van der Waals surface area contributed by atoms with E-state index in [0.717, 1.165) is 16.3 Å². The van der Waals surface area contributed by atoms with Crippen molar-refractivity contribution in [1.29, 1.82) is 0 Å². The number of aromatic nitrogens is 1. The molecule has 4 nitrogen and oxygen atoms in total. The fraction of sp³-hybridized carbons (Fsp3) is 0.333. The van der Waals surface area contributed by atoms with E-state index in [0.29, 0.717) is 12.1 Å². The van der Waals surface area contributed by atoms with E-state index in [1.165, 1.54) is 0 Å². The summed E-state index contributed by atoms with van der Waals surface area (Å²) in [7, 11) is 0. The van der Waals surface area contributed by atoms with Gasteiger partial charge in [-0.2, -0.15) is 0 Å². The fourth-order valence-corrected chi connectivity index (χ4v) is 2.72. The number of hydrogen-bond acceptors (Lipinski definition) is 4. The van der Waals surface area contributed by atoms with E-state index in [9.17, 15) is 4.79 Å². The second-order valence-corrected chi connectivity index (χ2v) is 6.13. The van der Waals surface area contributed by atoms with Crippen LogP contribution in [0.3, 0.4) is 0 Å². The molecule has 2 rings (SSSR count). The van der Waals surface area contributed by atoms with Gasteiger partial charge in [-0.05, 0) is 38.5 Å². The van der Waals surface area contributed by atoms with Crippen LogP contribution < -0.4 is 11.1 Å². The summed E-state index contributed by atoms with van der Waals surface area (Å²) in [5.74, 6) is -0.105. The maximum absolute atomic E-state index is 12.3. The third-order valence-corrected chi connectivity index (χ3v) is 4.32. The average Bonchev–Trinajstić information content (AvgIpc) is 2.86. The van der Waals surface area contributed by atoms with Gasteiger partial charge in [0.05, 0.1) is 5.54 Å². The van der Waals surface area contributed by atoms with Gasteiger partial charge in [0, 0.05) is 23.2 Å². The van der Waals surface area contributed by atoms with Crippen LogP contribution in [-0.4, -0.2) is 10.9 Å². The number of hydrogen-bond donors (Lipinski definition) is 2. The molecule has 0 radical (unpaired) electrons. The Morgan fingerprint density at radius 3 is 2.50 bits per heavy atom. The molecule has 0 bridgehead atoms. The molecule has 0 aliphatic rings. The molecule has 106 valence electrons. The predicted molar refractivity (Wildman–Crippen MR) is 81.7 cm³/mol. The molecule has 0 aliphatic heterocycles. The van der Waals surface area contributed by atoms with Gasteiger partial charge in [0.25, 0.3) is 5.91 Å². The van der Waals surface area contributed by atoms with Crippen molar-refractivity contribution < 1.29 is 4.79 Å². The lowest BCUT2D eigenvalue weighted by atomic mass is 10.0. The third-order valence-electron chi connectivity index (χ3n) is 3.03. The Balaban J connectivity index is 2.13. The number of carbonyl (C=O) groups excluding carboxylic acids is 1. The highest BCUT2D eigenvalue weighted by atomic mass is 32.1. The number of carbonyl (C=O) groups is 1. The van der Waals surface area contributed by atoms with Crippen LogP contribution in [0.25, 0.3) is 0 Å². The zero-order valence-electron chi connectivity index (χ0n) is 11.9. The lowest BCUT2D eigenvalue weighted by Crippen LogP contribution is -2.40. The molecular formula is C15H19N3OS. The highest BCUT2D eigenvalue weighted by Crippen LogP contribution is 2.24. The summed E-state index contributed by atoms with van der Waals surface area (Å²) >= 11 is 1.56. The van der Waals surface area contributed by atoms with Crippen LogP contribution in [-0.2, 0) is 12.1 Å². The Labute approximate surface area is 123 Å². The van der Waals surface area contributed by atoms with E-state index in [1.54, 1.807) is 23.5 Å². The highest BCUT2D eigenvalue weighted by molar-refractivity contribution is 7.09. The molecule has 0 saturated carbocycles. The zero-order chi connectivity index (χ0) is 14.8. The van der Waals surface area contributed by atoms with Crippen molar-refractivity contribution in [2.24, 2.45) is 5.73 Å². The van der Waals surface area contributed by atoms with Gasteiger partial charge in [0.1, 0.15) is 5.01 Å². The molecule has 0 saturated heterocycles. The molecule has 0 spiro atoms. The van der Waals surface area contributed by atoms with Crippen LogP contribution in [0.4, 0.5) is 0 Å². The number of nitrogens with one attached hydrogen (secondary N) is 1. The summed E-state index contributed by atoms with van der Waals surface area (Å²) in [6.45, 7) is 6.34. The number of rotatable bonds is 4. The molecule has 20 heavy (non-hydrogen) atoms. The molecule has 0 unspecified atom stereocenters. The van der Waals surface area contributed by atoms with Crippen LogP contribution in [0.2, 0.25) is 0 Å². The molecule has 1 heterocycles. The lowest BCUT2D eigenvalue weighted by Gasteiger charge is -2.24. The van der Waals surface area contributed by atoms with Gasteiger partial charge in [-0.15, -0.1) is 11.3 Å². The fourth-order valence-electron chi connectivity index (χ4n) is 1.84. The predicted octanol–water partition coefficient (Wildman–Crippen LogP) is 2.58. The standard InChI is InChI=1S/C15H19N3OS/c1-10-9-20-14(17-10)15(2,3)18-13(19)12-6-4-11(8-16)5-7-12/h4-7,9H,8,16H2,1-3H3,(H,18,19). The van der Waals surface area contributed by atoms with Crippen molar-refractivity contribution in [2.75, 3.05) is 0 Å². The minimum absolute atomic E-state index is 0.105. The first-order valence-corrected chi connectivity index (χ1v) is 7.34. The number of benzene rings is 1. The minimum Gasteiger partial charge on any atom is -0.341 e. The monoisotopic (exact) mass is 289 g/mol. The van der Waals surface area contributed by atoms with Crippen LogP contribution in [0, 0.1) is 6.92 Å². The summed E-state index contributed by atoms with van der Waals surface area (Å²) < 4.78 is 0. The highest BCUT2D eigenvalue weighted by Gasteiger charge is 2.26. The topological polar surface area (TPSA) is 68.0 Å². The SMILES string of the molecule is Cc1csc(C(C)(C)NC(=O)c2ccc(CN)cc2)n1. The summed E-state index contributed by atoms with van der Waals surface area (Å²) in [4.78, 5) is 16.7. The van der Waals surface area contributed by atoms with E-state index < -0.39 is 5.54 Å². The van der Waals surface area contributed by atoms with Crippen molar-refractivity contribution in [3.05, 3.63) is 51.5 Å². The van der Waals surface area contributed by atoms with Crippen LogP contribution >= 0.6 is 11.3 Å². The third kappa shape index (κ3) is 3.23. The Kier molecular flexibility index (Phi) is 4.20. The summed E-state index contributed by atoms with van der Waals surface area (Å²) in [5.41, 5.74) is 7.68. The van der Waals surface area contributed by atoms with Gasteiger partial charge in [0.2, 0.25) is 0 Å². The molecule has 2 aromatic rings. The Hall–Kier alpha value is -1.72. The maximum atomic E-state index is 12.3. The quantitative estimate of drug-likeness (QED) is 0.909. The first-order chi connectivity index (χ1) is 9.42. The van der Waals surface area contributed by atoms with Gasteiger partial charge in [-0.1, -0.05) is 12.1 Å². The van der Waals surface area contributed by atoms with Crippen molar-refractivity contribution in [1.82, 2.24) is 10.3 Å². The van der Waals surface area contributed by atoms with Crippen molar-refractivity contribution in [3.8, 4) is 0 Å². The maximum Gasteiger partial charge on any atom is 0.252 e. The lowest BCUT2D eigenvalue weighted by molar-refractivity contribution is 0.0912. The van der Waals surface area contributed by atoms with Crippen molar-refractivity contribution >= 4 is 17.2 Å². The van der Waals surface area contributed by atoms with Gasteiger partial charge in [-0.25, -0.2) is 4.98 Å². The zero-order valence-corrected chi connectivity index (χ0v) is 12.8. The summed E-state index contributed by atoms with van der Waals surface area (Å²) in [6.07, 6.45) is 0. The average molecular weight is 289 g/mol. The number of nitrogens with zero attached hydrogens (tertiary/aromatic N) is 1. The molecule has 3 N–H and O–H groups in total. The van der Waals surface area contributed by atoms with E-state index in [-0.39, 0.29) is 5.91 Å². The number of nitrogens with two attached hydrogens (primary N) is 1. The van der Waals surface area contributed by atoms with Gasteiger partial charge < -0.3 is 11.1 Å². The molecular weight excluding hydrogens is 270 g/mol. The van der Waals surface area contributed by atoms with Crippen molar-refractivity contribution in [2.45, 2.75) is 32.9 Å². The largest absolute Gasteiger partial charge is 0.341 e. The molecule has 0 aliphatic carbocycles. The second-order valence-electron chi connectivity index (χ2n) is 5.27. The molecule has 1 aromatic heterocycles. The van der Waals surface area contributed by atoms with E-state index >= 15 is 0 Å². The number of aryl methyl sites for hydroxylation is 1. The van der Waals surface area contributed by atoms with E-state index in [4.69, 9.17) is 5.73 Å². The molecule has 0 atom stereocenters. The molecule has 5 heteroatoms. The molecule has 1 amide bonds. The summed E-state index contributed by atoms with van der Waals surface area (Å²) in [5, 5.41) is 5.91. The Morgan fingerprint density at radius 2 is 2.00 bits per heavy atom. The second kappa shape index (κ2) is 5.73.